The van der Waals surface area contributed by atoms with Gasteiger partial charge in [-0.05, 0) is 37.5 Å². The Hall–Kier alpha value is -1.51. The number of guanidine groups is 1. The van der Waals surface area contributed by atoms with Gasteiger partial charge in [-0.15, -0.1) is 24.0 Å². The van der Waals surface area contributed by atoms with Gasteiger partial charge >= 0.3 is 0 Å². The van der Waals surface area contributed by atoms with Crippen LogP contribution in [0.5, 0.6) is 0 Å². The summed E-state index contributed by atoms with van der Waals surface area (Å²) < 4.78 is 0. The summed E-state index contributed by atoms with van der Waals surface area (Å²) in [6, 6.07) is 9.19. The van der Waals surface area contributed by atoms with E-state index in [1.165, 1.54) is 24.1 Å². The van der Waals surface area contributed by atoms with Gasteiger partial charge in [-0.25, -0.2) is 4.99 Å². The Morgan fingerprint density at radius 3 is 2.50 bits per heavy atom. The summed E-state index contributed by atoms with van der Waals surface area (Å²) >= 11 is 0. The molecular weight excluding hydrogens is 441 g/mol. The quantitative estimate of drug-likeness (QED) is 0.415. The Morgan fingerprint density at radius 1 is 1.23 bits per heavy atom. The second kappa shape index (κ2) is 9.43. The van der Waals surface area contributed by atoms with Gasteiger partial charge in [0.15, 0.2) is 5.96 Å². The molecule has 1 N–H and O–H groups in total. The standard InChI is InChI=1S/C19H29N5O.HI/c1-15-5-4-6-17(13-15)23-9-11-24(12-10-23)19(21-16-7-8-16)20-14-18(25)22(2)3;/h4-6,13,16H,7-12,14H2,1-3H3,(H,20,21);1H. The van der Waals surface area contributed by atoms with Crippen LogP contribution in [0.1, 0.15) is 18.4 Å². The number of hydrogen-bond donors (Lipinski definition) is 1. The predicted molar refractivity (Wildman–Crippen MR) is 118 cm³/mol. The van der Waals surface area contributed by atoms with Crippen molar-refractivity contribution in [3.05, 3.63) is 29.8 Å². The fourth-order valence-electron chi connectivity index (χ4n) is 2.93. The van der Waals surface area contributed by atoms with Gasteiger partial charge in [0.1, 0.15) is 6.54 Å². The normalized spacial score (nSPS) is 17.6. The number of likely N-dealkylation sites (N-methyl/N-ethyl adjacent to an activating group) is 1. The van der Waals surface area contributed by atoms with E-state index in [2.05, 4.69) is 51.3 Å². The molecule has 1 amide bonds. The molecule has 0 spiro atoms. The molecule has 0 aromatic heterocycles. The van der Waals surface area contributed by atoms with E-state index in [-0.39, 0.29) is 36.4 Å². The molecule has 1 aliphatic heterocycles. The fraction of sp³-hybridized carbons (Fsp3) is 0.579. The second-order valence-corrected chi connectivity index (χ2v) is 7.16. The zero-order valence-electron chi connectivity index (χ0n) is 15.9. The summed E-state index contributed by atoms with van der Waals surface area (Å²) in [4.78, 5) is 22.7. The zero-order chi connectivity index (χ0) is 17.8. The highest BCUT2D eigenvalue weighted by atomic mass is 127. The number of rotatable bonds is 4. The van der Waals surface area contributed by atoms with Crippen LogP contribution in [0, 0.1) is 6.92 Å². The van der Waals surface area contributed by atoms with E-state index in [0.29, 0.717) is 6.04 Å². The third-order valence-corrected chi connectivity index (χ3v) is 4.72. The van der Waals surface area contributed by atoms with Crippen LogP contribution in [-0.4, -0.2) is 74.5 Å². The lowest BCUT2D eigenvalue weighted by Gasteiger charge is -2.38. The van der Waals surface area contributed by atoms with Gasteiger partial charge < -0.3 is 20.0 Å². The third-order valence-electron chi connectivity index (χ3n) is 4.72. The van der Waals surface area contributed by atoms with Crippen molar-refractivity contribution in [2.45, 2.75) is 25.8 Å². The summed E-state index contributed by atoms with van der Waals surface area (Å²) in [5, 5.41) is 3.51. The van der Waals surface area contributed by atoms with E-state index in [0.717, 1.165) is 32.1 Å². The number of aryl methyl sites for hydroxylation is 1. The van der Waals surface area contributed by atoms with Crippen molar-refractivity contribution in [2.24, 2.45) is 4.99 Å². The number of halogens is 1. The zero-order valence-corrected chi connectivity index (χ0v) is 18.3. The first-order valence-electron chi connectivity index (χ1n) is 9.10. The molecule has 1 heterocycles. The van der Waals surface area contributed by atoms with Crippen molar-refractivity contribution in [2.75, 3.05) is 51.7 Å². The highest BCUT2D eigenvalue weighted by molar-refractivity contribution is 14.0. The first kappa shape index (κ1) is 20.8. The number of nitrogens with one attached hydrogen (secondary N) is 1. The van der Waals surface area contributed by atoms with Crippen LogP contribution in [0.25, 0.3) is 0 Å². The van der Waals surface area contributed by atoms with Crippen molar-refractivity contribution >= 4 is 41.5 Å². The molecule has 0 bridgehead atoms. The van der Waals surface area contributed by atoms with Crippen LogP contribution >= 0.6 is 24.0 Å². The molecule has 2 aliphatic rings. The monoisotopic (exact) mass is 471 g/mol. The minimum absolute atomic E-state index is 0. The Balaban J connectivity index is 0.00000243. The number of anilines is 1. The van der Waals surface area contributed by atoms with Crippen LogP contribution in [-0.2, 0) is 4.79 Å². The van der Waals surface area contributed by atoms with E-state index in [1.807, 2.05) is 0 Å². The summed E-state index contributed by atoms with van der Waals surface area (Å²) in [5.41, 5.74) is 2.58. The Kier molecular flexibility index (Phi) is 7.55. The maximum Gasteiger partial charge on any atom is 0.243 e. The topological polar surface area (TPSA) is 51.2 Å². The minimum Gasteiger partial charge on any atom is -0.368 e. The first-order chi connectivity index (χ1) is 12.0. The van der Waals surface area contributed by atoms with Gasteiger partial charge in [-0.2, -0.15) is 0 Å². The molecule has 26 heavy (non-hydrogen) atoms. The molecule has 0 unspecified atom stereocenters. The lowest BCUT2D eigenvalue weighted by molar-refractivity contribution is -0.127. The molecule has 1 saturated carbocycles. The van der Waals surface area contributed by atoms with Crippen LogP contribution < -0.4 is 10.2 Å². The molecule has 1 aromatic carbocycles. The van der Waals surface area contributed by atoms with Crippen LogP contribution in [0.4, 0.5) is 5.69 Å². The van der Waals surface area contributed by atoms with E-state index >= 15 is 0 Å². The molecular formula is C19H30IN5O. The van der Waals surface area contributed by atoms with Gasteiger partial charge in [0.25, 0.3) is 0 Å². The molecule has 1 saturated heterocycles. The van der Waals surface area contributed by atoms with Crippen molar-refractivity contribution in [3.8, 4) is 0 Å². The van der Waals surface area contributed by atoms with E-state index < -0.39 is 0 Å². The summed E-state index contributed by atoms with van der Waals surface area (Å²) in [6.07, 6.45) is 2.40. The van der Waals surface area contributed by atoms with E-state index in [1.54, 1.807) is 19.0 Å². The number of hydrogen-bond acceptors (Lipinski definition) is 3. The lowest BCUT2D eigenvalue weighted by atomic mass is 10.2. The molecule has 0 radical (unpaired) electrons. The van der Waals surface area contributed by atoms with Crippen molar-refractivity contribution in [3.63, 3.8) is 0 Å². The average Bonchev–Trinajstić information content (AvgIpc) is 3.42. The van der Waals surface area contributed by atoms with Crippen LogP contribution in [0.3, 0.4) is 0 Å². The Bertz CT molecular complexity index is 637. The first-order valence-corrected chi connectivity index (χ1v) is 9.10. The summed E-state index contributed by atoms with van der Waals surface area (Å²) in [6.45, 7) is 6.12. The number of piperazine rings is 1. The second-order valence-electron chi connectivity index (χ2n) is 7.16. The molecule has 6 nitrogen and oxygen atoms in total. The number of benzene rings is 1. The van der Waals surface area contributed by atoms with Gasteiger partial charge in [-0.1, -0.05) is 12.1 Å². The van der Waals surface area contributed by atoms with Gasteiger partial charge in [0.2, 0.25) is 5.91 Å². The number of nitrogens with zero attached hydrogens (tertiary/aromatic N) is 4. The number of amides is 1. The predicted octanol–water partition coefficient (Wildman–Crippen LogP) is 1.93. The molecule has 3 rings (SSSR count). The molecule has 2 fully saturated rings. The smallest absolute Gasteiger partial charge is 0.243 e. The van der Waals surface area contributed by atoms with Gasteiger partial charge in [0, 0.05) is 52.0 Å². The SMILES string of the molecule is Cc1cccc(N2CCN(C(=NCC(=O)N(C)C)NC3CC3)CC2)c1.I. The van der Waals surface area contributed by atoms with Crippen LogP contribution in [0.15, 0.2) is 29.3 Å². The van der Waals surface area contributed by atoms with Crippen molar-refractivity contribution in [1.82, 2.24) is 15.1 Å². The highest BCUT2D eigenvalue weighted by Gasteiger charge is 2.27. The number of aliphatic imine (C=N–C) groups is 1. The van der Waals surface area contributed by atoms with Crippen molar-refractivity contribution in [1.29, 1.82) is 0 Å². The average molecular weight is 471 g/mol. The molecule has 7 heteroatoms. The third kappa shape index (κ3) is 5.75. The number of carbonyl (C=O) groups excluding carboxylic acids is 1. The fourth-order valence-corrected chi connectivity index (χ4v) is 2.93. The molecule has 0 atom stereocenters. The maximum absolute atomic E-state index is 11.9. The maximum atomic E-state index is 11.9. The van der Waals surface area contributed by atoms with Gasteiger partial charge in [-0.3, -0.25) is 4.79 Å². The minimum atomic E-state index is 0. The van der Waals surface area contributed by atoms with E-state index in [9.17, 15) is 4.79 Å². The van der Waals surface area contributed by atoms with E-state index in [4.69, 9.17) is 0 Å². The summed E-state index contributed by atoms with van der Waals surface area (Å²) in [5.74, 6) is 0.926. The Labute approximate surface area is 173 Å². The van der Waals surface area contributed by atoms with Crippen LogP contribution in [0.2, 0.25) is 0 Å². The lowest BCUT2D eigenvalue weighted by Crippen LogP contribution is -2.53. The van der Waals surface area contributed by atoms with Gasteiger partial charge in [0.05, 0.1) is 0 Å². The largest absolute Gasteiger partial charge is 0.368 e. The Morgan fingerprint density at radius 2 is 1.92 bits per heavy atom. The number of carbonyl (C=O) groups is 1. The molecule has 1 aromatic rings. The highest BCUT2D eigenvalue weighted by Crippen LogP contribution is 2.21. The van der Waals surface area contributed by atoms with Crippen molar-refractivity contribution < 1.29 is 4.79 Å². The molecule has 144 valence electrons. The molecule has 1 aliphatic carbocycles. The summed E-state index contributed by atoms with van der Waals surface area (Å²) in [7, 11) is 3.54.